The molecule has 0 aliphatic rings. The normalized spacial score (nSPS) is 9.74. The SMILES string of the molecule is Cc1ccccc1C(=O)OC(=O)Nc1ccccc1. The van der Waals surface area contributed by atoms with Gasteiger partial charge < -0.3 is 4.74 Å². The maximum atomic E-state index is 11.8. The van der Waals surface area contributed by atoms with Gasteiger partial charge in [0.1, 0.15) is 0 Å². The fourth-order valence-electron chi connectivity index (χ4n) is 1.61. The number of benzene rings is 2. The van der Waals surface area contributed by atoms with Gasteiger partial charge in [-0.25, -0.2) is 9.59 Å². The molecule has 0 bridgehead atoms. The Bertz CT molecular complexity index is 593. The first-order valence-electron chi connectivity index (χ1n) is 5.80. The summed E-state index contributed by atoms with van der Waals surface area (Å²) in [6.45, 7) is 1.78. The first-order valence-corrected chi connectivity index (χ1v) is 5.80. The highest BCUT2D eigenvalue weighted by Crippen LogP contribution is 2.10. The highest BCUT2D eigenvalue weighted by Gasteiger charge is 2.14. The van der Waals surface area contributed by atoms with Crippen LogP contribution in [0.1, 0.15) is 15.9 Å². The third-order valence-electron chi connectivity index (χ3n) is 2.57. The molecule has 0 heterocycles. The van der Waals surface area contributed by atoms with Gasteiger partial charge in [-0.05, 0) is 30.7 Å². The molecule has 1 amide bonds. The van der Waals surface area contributed by atoms with E-state index in [1.54, 1.807) is 49.4 Å². The molecule has 0 atom stereocenters. The average Bonchev–Trinajstić information content (AvgIpc) is 2.40. The number of carbonyl (C=O) groups excluding carboxylic acids is 2. The molecule has 2 aromatic carbocycles. The van der Waals surface area contributed by atoms with Crippen LogP contribution >= 0.6 is 0 Å². The lowest BCUT2D eigenvalue weighted by atomic mass is 10.1. The largest absolute Gasteiger partial charge is 0.419 e. The molecular weight excluding hydrogens is 242 g/mol. The summed E-state index contributed by atoms with van der Waals surface area (Å²) in [5, 5.41) is 2.48. The number of nitrogens with one attached hydrogen (secondary N) is 1. The van der Waals surface area contributed by atoms with Gasteiger partial charge in [0.2, 0.25) is 0 Å². The number of anilines is 1. The van der Waals surface area contributed by atoms with Crippen molar-refractivity contribution in [1.29, 1.82) is 0 Å². The molecular formula is C15H13NO3. The predicted octanol–water partition coefficient (Wildman–Crippen LogP) is 3.38. The molecule has 2 aromatic rings. The number of amides is 1. The van der Waals surface area contributed by atoms with E-state index < -0.39 is 12.1 Å². The molecule has 19 heavy (non-hydrogen) atoms. The van der Waals surface area contributed by atoms with Crippen molar-refractivity contribution >= 4 is 17.7 Å². The highest BCUT2D eigenvalue weighted by molar-refractivity contribution is 6.00. The second-order valence-corrected chi connectivity index (χ2v) is 3.98. The number of hydrogen-bond acceptors (Lipinski definition) is 3. The molecule has 0 spiro atoms. The van der Waals surface area contributed by atoms with Gasteiger partial charge in [0.15, 0.2) is 0 Å². The van der Waals surface area contributed by atoms with Gasteiger partial charge in [-0.2, -0.15) is 0 Å². The lowest BCUT2D eigenvalue weighted by Crippen LogP contribution is -2.19. The number of para-hydroxylation sites is 1. The Hall–Kier alpha value is -2.62. The molecule has 0 fully saturated rings. The average molecular weight is 255 g/mol. The lowest BCUT2D eigenvalue weighted by molar-refractivity contribution is 0.0644. The highest BCUT2D eigenvalue weighted by atomic mass is 16.6. The van der Waals surface area contributed by atoms with Crippen molar-refractivity contribution in [3.8, 4) is 0 Å². The minimum absolute atomic E-state index is 0.380. The number of esters is 1. The second kappa shape index (κ2) is 5.82. The predicted molar refractivity (Wildman–Crippen MR) is 72.1 cm³/mol. The van der Waals surface area contributed by atoms with Crippen molar-refractivity contribution in [2.24, 2.45) is 0 Å². The van der Waals surface area contributed by atoms with Gasteiger partial charge in [-0.3, -0.25) is 5.32 Å². The molecule has 0 saturated heterocycles. The van der Waals surface area contributed by atoms with E-state index >= 15 is 0 Å². The van der Waals surface area contributed by atoms with Crippen molar-refractivity contribution in [3.05, 3.63) is 65.7 Å². The van der Waals surface area contributed by atoms with Crippen molar-refractivity contribution in [3.63, 3.8) is 0 Å². The quantitative estimate of drug-likeness (QED) is 0.661. The van der Waals surface area contributed by atoms with Crippen LogP contribution in [0.25, 0.3) is 0 Å². The van der Waals surface area contributed by atoms with E-state index in [1.807, 2.05) is 12.1 Å². The first kappa shape index (κ1) is 12.8. The monoisotopic (exact) mass is 255 g/mol. The molecule has 4 heteroatoms. The lowest BCUT2D eigenvalue weighted by Gasteiger charge is -2.06. The summed E-state index contributed by atoms with van der Waals surface area (Å²) in [6.07, 6.45) is -0.792. The zero-order valence-electron chi connectivity index (χ0n) is 10.4. The van der Waals surface area contributed by atoms with Gasteiger partial charge in [0.05, 0.1) is 5.56 Å². The Balaban J connectivity index is 2.00. The molecule has 0 aliphatic carbocycles. The summed E-state index contributed by atoms with van der Waals surface area (Å²) in [5.74, 6) is -0.661. The number of ether oxygens (including phenoxy) is 1. The summed E-state index contributed by atoms with van der Waals surface area (Å²) >= 11 is 0. The maximum absolute atomic E-state index is 11.8. The van der Waals surface area contributed by atoms with Crippen LogP contribution < -0.4 is 5.32 Å². The van der Waals surface area contributed by atoms with Crippen LogP contribution in [0.5, 0.6) is 0 Å². The standard InChI is InChI=1S/C15H13NO3/c1-11-7-5-6-10-13(11)14(17)19-15(18)16-12-8-3-2-4-9-12/h2-10H,1H3,(H,16,18). The van der Waals surface area contributed by atoms with Crippen molar-refractivity contribution in [2.45, 2.75) is 6.92 Å². The number of aryl methyl sites for hydroxylation is 1. The zero-order chi connectivity index (χ0) is 13.7. The molecule has 0 radical (unpaired) electrons. The Morgan fingerprint density at radius 1 is 0.947 bits per heavy atom. The van der Waals surface area contributed by atoms with Crippen LogP contribution in [0, 0.1) is 6.92 Å². The topological polar surface area (TPSA) is 55.4 Å². The Labute approximate surface area is 111 Å². The molecule has 0 saturated carbocycles. The molecule has 4 nitrogen and oxygen atoms in total. The van der Waals surface area contributed by atoms with Gasteiger partial charge in [0.25, 0.3) is 0 Å². The van der Waals surface area contributed by atoms with Crippen molar-refractivity contribution in [2.75, 3.05) is 5.32 Å². The minimum atomic E-state index is -0.792. The van der Waals surface area contributed by atoms with E-state index in [1.165, 1.54) is 0 Å². The molecule has 0 unspecified atom stereocenters. The number of rotatable bonds is 2. The zero-order valence-corrected chi connectivity index (χ0v) is 10.4. The van der Waals surface area contributed by atoms with Gasteiger partial charge >= 0.3 is 12.1 Å². The minimum Gasteiger partial charge on any atom is -0.372 e. The third kappa shape index (κ3) is 3.42. The van der Waals surface area contributed by atoms with E-state index in [2.05, 4.69) is 5.32 Å². The van der Waals surface area contributed by atoms with Crippen LogP contribution in [0.15, 0.2) is 54.6 Å². The smallest absolute Gasteiger partial charge is 0.372 e. The third-order valence-corrected chi connectivity index (χ3v) is 2.57. The molecule has 0 aliphatic heterocycles. The van der Waals surface area contributed by atoms with Crippen LogP contribution in [-0.4, -0.2) is 12.1 Å². The number of carbonyl (C=O) groups is 2. The van der Waals surface area contributed by atoms with E-state index in [0.717, 1.165) is 5.56 Å². The van der Waals surface area contributed by atoms with Crippen molar-refractivity contribution in [1.82, 2.24) is 0 Å². The number of hydrogen-bond donors (Lipinski definition) is 1. The van der Waals surface area contributed by atoms with E-state index in [0.29, 0.717) is 11.3 Å². The van der Waals surface area contributed by atoms with Crippen LogP contribution in [0.2, 0.25) is 0 Å². The Morgan fingerprint density at radius 3 is 2.26 bits per heavy atom. The van der Waals surface area contributed by atoms with Crippen LogP contribution in [0.3, 0.4) is 0 Å². The Kier molecular flexibility index (Phi) is 3.93. The summed E-state index contributed by atoms with van der Waals surface area (Å²) < 4.78 is 4.73. The van der Waals surface area contributed by atoms with Crippen LogP contribution in [-0.2, 0) is 4.74 Å². The summed E-state index contributed by atoms with van der Waals surface area (Å²) in [4.78, 5) is 23.3. The van der Waals surface area contributed by atoms with Gasteiger partial charge in [-0.1, -0.05) is 36.4 Å². The van der Waals surface area contributed by atoms with Gasteiger partial charge in [0, 0.05) is 5.69 Å². The van der Waals surface area contributed by atoms with E-state index in [-0.39, 0.29) is 0 Å². The summed E-state index contributed by atoms with van der Waals surface area (Å²) in [6, 6.07) is 15.7. The molecule has 0 aromatic heterocycles. The molecule has 1 N–H and O–H groups in total. The molecule has 96 valence electrons. The fourth-order valence-corrected chi connectivity index (χ4v) is 1.61. The van der Waals surface area contributed by atoms with Gasteiger partial charge in [-0.15, -0.1) is 0 Å². The molecule has 2 rings (SSSR count). The summed E-state index contributed by atoms with van der Waals surface area (Å²) in [7, 11) is 0. The first-order chi connectivity index (χ1) is 9.16. The van der Waals surface area contributed by atoms with E-state index in [4.69, 9.17) is 4.74 Å². The van der Waals surface area contributed by atoms with E-state index in [9.17, 15) is 9.59 Å². The second-order valence-electron chi connectivity index (χ2n) is 3.98. The maximum Gasteiger partial charge on any atom is 0.419 e. The van der Waals surface area contributed by atoms with Crippen LogP contribution in [0.4, 0.5) is 10.5 Å². The van der Waals surface area contributed by atoms with Crippen molar-refractivity contribution < 1.29 is 14.3 Å². The Morgan fingerprint density at radius 2 is 1.58 bits per heavy atom. The fraction of sp³-hybridized carbons (Fsp3) is 0.0667. The summed E-state index contributed by atoms with van der Waals surface area (Å²) in [5.41, 5.74) is 1.72.